The Kier molecular flexibility index (Phi) is 5.17. The average Bonchev–Trinajstić information content (AvgIpc) is 3.45. The number of furan rings is 1. The normalized spacial score (nSPS) is 13.1. The van der Waals surface area contributed by atoms with Crippen LogP contribution in [0.4, 0.5) is 5.69 Å². The second kappa shape index (κ2) is 8.07. The van der Waals surface area contributed by atoms with E-state index in [-0.39, 0.29) is 17.8 Å². The quantitative estimate of drug-likeness (QED) is 0.380. The fourth-order valence-electron chi connectivity index (χ4n) is 3.13. The third-order valence-electron chi connectivity index (χ3n) is 4.64. The smallest absolute Gasteiger partial charge is 0.274 e. The SMILES string of the molecule is C[C@H]([NH2+][C@H](c1ccccc1)c1ccco1)c1nnc(-c2ccc([N+](=O)[O-])cc2)o1. The molecule has 0 saturated heterocycles. The summed E-state index contributed by atoms with van der Waals surface area (Å²) in [5.74, 6) is 1.62. The minimum atomic E-state index is -0.446. The Morgan fingerprint density at radius 2 is 1.76 bits per heavy atom. The molecule has 8 heteroatoms. The molecular formula is C21H19N4O4+. The number of nitrogens with two attached hydrogens (primary N) is 1. The van der Waals surface area contributed by atoms with E-state index in [1.807, 2.05) is 49.4 Å². The van der Waals surface area contributed by atoms with Gasteiger partial charge in [0.15, 0.2) is 17.8 Å². The van der Waals surface area contributed by atoms with Gasteiger partial charge in [0, 0.05) is 23.3 Å². The molecule has 8 nitrogen and oxygen atoms in total. The van der Waals surface area contributed by atoms with Gasteiger partial charge in [0.25, 0.3) is 11.6 Å². The highest BCUT2D eigenvalue weighted by Gasteiger charge is 2.27. The van der Waals surface area contributed by atoms with E-state index in [0.717, 1.165) is 11.3 Å². The highest BCUT2D eigenvalue weighted by Crippen LogP contribution is 2.24. The fraction of sp³-hybridized carbons (Fsp3) is 0.143. The zero-order valence-electron chi connectivity index (χ0n) is 15.6. The highest BCUT2D eigenvalue weighted by atomic mass is 16.6. The molecule has 0 radical (unpaired) electrons. The first kappa shape index (κ1) is 18.6. The third-order valence-corrected chi connectivity index (χ3v) is 4.64. The number of non-ortho nitro benzene ring substituents is 1. The van der Waals surface area contributed by atoms with E-state index in [9.17, 15) is 10.1 Å². The number of nitrogens with zero attached hydrogens (tertiary/aromatic N) is 3. The summed E-state index contributed by atoms with van der Waals surface area (Å²) in [6.45, 7) is 1.98. The average molecular weight is 391 g/mol. The lowest BCUT2D eigenvalue weighted by molar-refractivity contribution is -0.727. The number of hydrogen-bond acceptors (Lipinski definition) is 6. The van der Waals surface area contributed by atoms with E-state index >= 15 is 0 Å². The van der Waals surface area contributed by atoms with Gasteiger partial charge in [-0.25, -0.2) is 0 Å². The maximum atomic E-state index is 10.8. The number of nitro benzene ring substituents is 1. The van der Waals surface area contributed by atoms with Gasteiger partial charge >= 0.3 is 0 Å². The first-order valence-electron chi connectivity index (χ1n) is 9.13. The van der Waals surface area contributed by atoms with Gasteiger partial charge in [-0.3, -0.25) is 10.1 Å². The fourth-order valence-corrected chi connectivity index (χ4v) is 3.13. The number of quaternary nitrogens is 1. The number of benzene rings is 2. The lowest BCUT2D eigenvalue weighted by Gasteiger charge is -2.16. The van der Waals surface area contributed by atoms with Crippen LogP contribution in [-0.2, 0) is 0 Å². The van der Waals surface area contributed by atoms with Crippen molar-refractivity contribution in [2.45, 2.75) is 19.0 Å². The Hall–Kier alpha value is -3.78. The van der Waals surface area contributed by atoms with Gasteiger partial charge < -0.3 is 14.2 Å². The third kappa shape index (κ3) is 4.07. The number of rotatable bonds is 7. The molecule has 0 spiro atoms. The van der Waals surface area contributed by atoms with Gasteiger partial charge in [0.1, 0.15) is 0 Å². The van der Waals surface area contributed by atoms with Crippen LogP contribution < -0.4 is 5.32 Å². The summed E-state index contributed by atoms with van der Waals surface area (Å²) in [5, 5.41) is 21.2. The zero-order chi connectivity index (χ0) is 20.2. The van der Waals surface area contributed by atoms with E-state index in [1.54, 1.807) is 18.4 Å². The Balaban J connectivity index is 1.55. The van der Waals surface area contributed by atoms with Crippen molar-refractivity contribution in [2.24, 2.45) is 0 Å². The summed E-state index contributed by atoms with van der Waals surface area (Å²) in [5.41, 5.74) is 1.75. The van der Waals surface area contributed by atoms with Crippen molar-refractivity contribution in [2.75, 3.05) is 0 Å². The van der Waals surface area contributed by atoms with E-state index < -0.39 is 4.92 Å². The van der Waals surface area contributed by atoms with Crippen LogP contribution in [0.1, 0.15) is 36.2 Å². The topological polar surface area (TPSA) is 112 Å². The maximum Gasteiger partial charge on any atom is 0.274 e. The molecule has 0 aliphatic rings. The van der Waals surface area contributed by atoms with Crippen LogP contribution in [0.3, 0.4) is 0 Å². The van der Waals surface area contributed by atoms with Crippen molar-refractivity contribution >= 4 is 5.69 Å². The molecule has 4 rings (SSSR count). The summed E-state index contributed by atoms with van der Waals surface area (Å²) in [7, 11) is 0. The molecule has 29 heavy (non-hydrogen) atoms. The van der Waals surface area contributed by atoms with Gasteiger partial charge in [-0.1, -0.05) is 30.3 Å². The maximum absolute atomic E-state index is 10.8. The lowest BCUT2D eigenvalue weighted by Crippen LogP contribution is -2.85. The number of aromatic nitrogens is 2. The summed E-state index contributed by atoms with van der Waals surface area (Å²) in [6.07, 6.45) is 1.66. The largest absolute Gasteiger partial charge is 0.463 e. The van der Waals surface area contributed by atoms with Crippen LogP contribution in [0.15, 0.2) is 81.8 Å². The second-order valence-corrected chi connectivity index (χ2v) is 6.63. The van der Waals surface area contributed by atoms with Crippen molar-refractivity contribution in [3.8, 4) is 11.5 Å². The molecular weight excluding hydrogens is 372 g/mol. The van der Waals surface area contributed by atoms with Crippen LogP contribution in [0.5, 0.6) is 0 Å². The van der Waals surface area contributed by atoms with Gasteiger partial charge in [-0.2, -0.15) is 0 Å². The number of hydrogen-bond donors (Lipinski definition) is 1. The molecule has 0 bridgehead atoms. The van der Waals surface area contributed by atoms with Crippen LogP contribution in [-0.4, -0.2) is 15.1 Å². The minimum Gasteiger partial charge on any atom is -0.463 e. The Labute approximate surface area is 166 Å². The van der Waals surface area contributed by atoms with Gasteiger partial charge in [-0.15, -0.1) is 10.2 Å². The Morgan fingerprint density at radius 1 is 1.00 bits per heavy atom. The van der Waals surface area contributed by atoms with Crippen LogP contribution >= 0.6 is 0 Å². The summed E-state index contributed by atoms with van der Waals surface area (Å²) in [6, 6.07) is 19.7. The lowest BCUT2D eigenvalue weighted by atomic mass is 10.0. The summed E-state index contributed by atoms with van der Waals surface area (Å²) in [4.78, 5) is 10.4. The highest BCUT2D eigenvalue weighted by molar-refractivity contribution is 5.55. The van der Waals surface area contributed by atoms with Crippen LogP contribution in [0, 0.1) is 10.1 Å². The molecule has 0 unspecified atom stereocenters. The predicted molar refractivity (Wildman–Crippen MR) is 104 cm³/mol. The molecule has 4 aromatic rings. The van der Waals surface area contributed by atoms with Crippen LogP contribution in [0.25, 0.3) is 11.5 Å². The minimum absolute atomic E-state index is 0.0133. The van der Waals surface area contributed by atoms with Crippen molar-refractivity contribution in [1.29, 1.82) is 0 Å². The molecule has 2 aromatic heterocycles. The van der Waals surface area contributed by atoms with Crippen molar-refractivity contribution in [1.82, 2.24) is 10.2 Å². The Morgan fingerprint density at radius 3 is 2.41 bits per heavy atom. The summed E-state index contributed by atoms with van der Waals surface area (Å²) >= 11 is 0. The van der Waals surface area contributed by atoms with Crippen LogP contribution in [0.2, 0.25) is 0 Å². The van der Waals surface area contributed by atoms with E-state index in [0.29, 0.717) is 17.3 Å². The van der Waals surface area contributed by atoms with E-state index in [4.69, 9.17) is 8.83 Å². The molecule has 2 N–H and O–H groups in total. The van der Waals surface area contributed by atoms with E-state index in [2.05, 4.69) is 15.5 Å². The molecule has 0 fully saturated rings. The molecule has 0 aliphatic heterocycles. The van der Waals surface area contributed by atoms with E-state index in [1.165, 1.54) is 12.1 Å². The van der Waals surface area contributed by atoms with Crippen molar-refractivity contribution < 1.29 is 19.1 Å². The predicted octanol–water partition coefficient (Wildman–Crippen LogP) is 3.65. The Bertz CT molecular complexity index is 1080. The monoisotopic (exact) mass is 391 g/mol. The van der Waals surface area contributed by atoms with Crippen molar-refractivity contribution in [3.05, 3.63) is 100 Å². The molecule has 0 saturated carbocycles. The zero-order valence-corrected chi connectivity index (χ0v) is 15.6. The first-order chi connectivity index (χ1) is 14.1. The first-order valence-corrected chi connectivity index (χ1v) is 9.13. The number of nitro groups is 1. The molecule has 2 atom stereocenters. The molecule has 2 aromatic carbocycles. The molecule has 0 amide bonds. The molecule has 0 aliphatic carbocycles. The standard InChI is InChI=1S/C21H18N4O4/c1-14(22-19(18-8-5-13-28-18)15-6-3-2-4-7-15)20-23-24-21(29-20)16-9-11-17(12-10-16)25(26)27/h2-14,19,22H,1H3/p+1/t14-,19+/m0/s1. The van der Waals surface area contributed by atoms with Gasteiger partial charge in [-0.05, 0) is 31.2 Å². The van der Waals surface area contributed by atoms with Gasteiger partial charge in [0.2, 0.25) is 5.89 Å². The molecule has 146 valence electrons. The second-order valence-electron chi connectivity index (χ2n) is 6.63. The molecule has 2 heterocycles. The summed E-state index contributed by atoms with van der Waals surface area (Å²) < 4.78 is 11.5. The van der Waals surface area contributed by atoms with Gasteiger partial charge in [0.05, 0.1) is 11.2 Å². The van der Waals surface area contributed by atoms with Crippen molar-refractivity contribution in [3.63, 3.8) is 0 Å².